The number of nitrogens with zero attached hydrogens (tertiary/aromatic N) is 3. The molecule has 0 spiro atoms. The molecular weight excluding hydrogens is 356 g/mol. The largest absolute Gasteiger partial charge is 0.486 e. The van der Waals surface area contributed by atoms with Gasteiger partial charge in [-0.05, 0) is 25.0 Å². The van der Waals surface area contributed by atoms with Gasteiger partial charge in [-0.2, -0.15) is 0 Å². The molecule has 0 unspecified atom stereocenters. The van der Waals surface area contributed by atoms with Crippen molar-refractivity contribution in [3.8, 4) is 11.5 Å². The highest BCUT2D eigenvalue weighted by atomic mass is 35.5. The standard InChI is InChI=1S/C18H21ClN4O3/c19-13-10-12(11-14-17(13)26-9-8-25-14)18(24)20-6-5-16-22-21-15-4-2-1-3-7-23(15)16/h10-11H,1-9H2,(H,20,24). The van der Waals surface area contributed by atoms with E-state index in [0.717, 1.165) is 31.0 Å². The van der Waals surface area contributed by atoms with E-state index in [0.29, 0.717) is 48.3 Å². The average Bonchev–Trinajstić information content (AvgIpc) is 2.88. The molecule has 2 aliphatic heterocycles. The van der Waals surface area contributed by atoms with Gasteiger partial charge in [-0.25, -0.2) is 0 Å². The third-order valence-corrected chi connectivity index (χ3v) is 4.96. The molecular formula is C18H21ClN4O3. The molecule has 1 aromatic heterocycles. The van der Waals surface area contributed by atoms with Crippen LogP contribution in [0.4, 0.5) is 0 Å². The molecule has 1 N–H and O–H groups in total. The Morgan fingerprint density at radius 1 is 1.19 bits per heavy atom. The van der Waals surface area contributed by atoms with Crippen molar-refractivity contribution in [2.24, 2.45) is 0 Å². The minimum Gasteiger partial charge on any atom is -0.486 e. The van der Waals surface area contributed by atoms with E-state index >= 15 is 0 Å². The highest BCUT2D eigenvalue weighted by Gasteiger charge is 2.19. The number of fused-ring (bicyclic) bond motifs is 2. The number of aromatic nitrogens is 3. The van der Waals surface area contributed by atoms with Gasteiger partial charge in [0.1, 0.15) is 24.9 Å². The van der Waals surface area contributed by atoms with Crippen LogP contribution in [0.25, 0.3) is 0 Å². The smallest absolute Gasteiger partial charge is 0.251 e. The zero-order valence-corrected chi connectivity index (χ0v) is 15.2. The molecule has 0 saturated heterocycles. The fraction of sp³-hybridized carbons (Fsp3) is 0.500. The number of amides is 1. The Bertz CT molecular complexity index is 821. The Morgan fingerprint density at radius 2 is 2.08 bits per heavy atom. The van der Waals surface area contributed by atoms with Crippen molar-refractivity contribution in [3.05, 3.63) is 34.4 Å². The van der Waals surface area contributed by atoms with Gasteiger partial charge in [0.05, 0.1) is 5.02 Å². The van der Waals surface area contributed by atoms with Crippen molar-refractivity contribution in [1.82, 2.24) is 20.1 Å². The van der Waals surface area contributed by atoms with E-state index in [1.165, 1.54) is 12.8 Å². The molecule has 26 heavy (non-hydrogen) atoms. The van der Waals surface area contributed by atoms with Crippen LogP contribution in [0.1, 0.15) is 41.3 Å². The summed E-state index contributed by atoms with van der Waals surface area (Å²) in [6, 6.07) is 3.27. The van der Waals surface area contributed by atoms with Gasteiger partial charge in [0, 0.05) is 31.5 Å². The zero-order valence-electron chi connectivity index (χ0n) is 14.5. The minimum atomic E-state index is -0.195. The van der Waals surface area contributed by atoms with Gasteiger partial charge in [-0.1, -0.05) is 18.0 Å². The lowest BCUT2D eigenvalue weighted by molar-refractivity contribution is 0.0952. The summed E-state index contributed by atoms with van der Waals surface area (Å²) >= 11 is 6.19. The van der Waals surface area contributed by atoms with E-state index in [1.54, 1.807) is 12.1 Å². The topological polar surface area (TPSA) is 78.3 Å². The fourth-order valence-corrected chi connectivity index (χ4v) is 3.63. The van der Waals surface area contributed by atoms with Crippen molar-refractivity contribution in [2.75, 3.05) is 19.8 Å². The van der Waals surface area contributed by atoms with E-state index in [1.807, 2.05) is 0 Å². The van der Waals surface area contributed by atoms with Crippen LogP contribution in [0, 0.1) is 0 Å². The van der Waals surface area contributed by atoms with Crippen LogP contribution in [-0.4, -0.2) is 40.4 Å². The van der Waals surface area contributed by atoms with Gasteiger partial charge >= 0.3 is 0 Å². The van der Waals surface area contributed by atoms with E-state index in [9.17, 15) is 4.79 Å². The summed E-state index contributed by atoms with van der Waals surface area (Å²) in [4.78, 5) is 12.4. The van der Waals surface area contributed by atoms with Crippen molar-refractivity contribution in [1.29, 1.82) is 0 Å². The van der Waals surface area contributed by atoms with Gasteiger partial charge in [-0.15, -0.1) is 10.2 Å². The first kappa shape index (κ1) is 17.1. The van der Waals surface area contributed by atoms with Crippen LogP contribution in [-0.2, 0) is 19.4 Å². The Morgan fingerprint density at radius 3 is 3.00 bits per heavy atom. The number of carbonyl (C=O) groups is 1. The Kier molecular flexibility index (Phi) is 4.97. The zero-order chi connectivity index (χ0) is 17.9. The van der Waals surface area contributed by atoms with E-state index in [2.05, 4.69) is 20.1 Å². The van der Waals surface area contributed by atoms with Gasteiger partial charge in [0.25, 0.3) is 5.91 Å². The molecule has 0 aliphatic carbocycles. The van der Waals surface area contributed by atoms with Crippen LogP contribution in [0.3, 0.4) is 0 Å². The van der Waals surface area contributed by atoms with Crippen molar-refractivity contribution in [2.45, 2.75) is 38.6 Å². The van der Waals surface area contributed by atoms with Crippen molar-refractivity contribution in [3.63, 3.8) is 0 Å². The van der Waals surface area contributed by atoms with Crippen LogP contribution >= 0.6 is 11.6 Å². The molecule has 0 saturated carbocycles. The molecule has 7 nitrogen and oxygen atoms in total. The van der Waals surface area contributed by atoms with Gasteiger partial charge in [0.2, 0.25) is 0 Å². The molecule has 1 aromatic carbocycles. The number of hydrogen-bond acceptors (Lipinski definition) is 5. The van der Waals surface area contributed by atoms with Crippen LogP contribution < -0.4 is 14.8 Å². The molecule has 0 bridgehead atoms. The highest BCUT2D eigenvalue weighted by Crippen LogP contribution is 2.38. The van der Waals surface area contributed by atoms with Crippen molar-refractivity contribution < 1.29 is 14.3 Å². The molecule has 1 amide bonds. The van der Waals surface area contributed by atoms with Crippen LogP contribution in [0.15, 0.2) is 12.1 Å². The molecule has 4 rings (SSSR count). The summed E-state index contributed by atoms with van der Waals surface area (Å²) in [5.41, 5.74) is 0.458. The summed E-state index contributed by atoms with van der Waals surface area (Å²) < 4.78 is 13.2. The second-order valence-corrected chi connectivity index (χ2v) is 6.89. The molecule has 0 fully saturated rings. The van der Waals surface area contributed by atoms with E-state index in [-0.39, 0.29) is 5.91 Å². The quantitative estimate of drug-likeness (QED) is 0.886. The molecule has 0 atom stereocenters. The lowest BCUT2D eigenvalue weighted by Crippen LogP contribution is -2.27. The SMILES string of the molecule is O=C(NCCc1nnc2n1CCCCC2)c1cc(Cl)c2c(c1)OCCO2. The third kappa shape index (κ3) is 3.49. The van der Waals surface area contributed by atoms with Gasteiger partial charge in [-0.3, -0.25) is 4.79 Å². The summed E-state index contributed by atoms with van der Waals surface area (Å²) in [7, 11) is 0. The van der Waals surface area contributed by atoms with E-state index < -0.39 is 0 Å². The first-order valence-corrected chi connectivity index (χ1v) is 9.38. The lowest BCUT2D eigenvalue weighted by atomic mass is 10.1. The fourth-order valence-electron chi connectivity index (χ4n) is 3.36. The molecule has 3 heterocycles. The number of ether oxygens (including phenoxy) is 2. The number of aryl methyl sites for hydroxylation is 1. The maximum Gasteiger partial charge on any atom is 0.251 e. The number of hydrogen-bond donors (Lipinski definition) is 1. The first-order chi connectivity index (χ1) is 12.7. The minimum absolute atomic E-state index is 0.195. The molecule has 138 valence electrons. The second kappa shape index (κ2) is 7.53. The molecule has 2 aromatic rings. The number of rotatable bonds is 4. The van der Waals surface area contributed by atoms with Gasteiger partial charge in [0.15, 0.2) is 11.5 Å². The lowest BCUT2D eigenvalue weighted by Gasteiger charge is -2.20. The number of benzene rings is 1. The Labute approximate surface area is 156 Å². The maximum atomic E-state index is 12.4. The third-order valence-electron chi connectivity index (χ3n) is 4.68. The first-order valence-electron chi connectivity index (χ1n) is 9.00. The predicted octanol–water partition coefficient (Wildman–Crippen LogP) is 2.40. The molecule has 8 heteroatoms. The summed E-state index contributed by atoms with van der Waals surface area (Å²) in [6.45, 7) is 2.36. The number of halogens is 1. The summed E-state index contributed by atoms with van der Waals surface area (Å²) in [5, 5.41) is 11.9. The second-order valence-electron chi connectivity index (χ2n) is 6.48. The normalized spacial score (nSPS) is 15.9. The number of carbonyl (C=O) groups excluding carboxylic acids is 1. The Hall–Kier alpha value is -2.28. The highest BCUT2D eigenvalue weighted by molar-refractivity contribution is 6.32. The van der Waals surface area contributed by atoms with Crippen LogP contribution in [0.2, 0.25) is 5.02 Å². The Balaban J connectivity index is 1.39. The van der Waals surface area contributed by atoms with E-state index in [4.69, 9.17) is 21.1 Å². The summed E-state index contributed by atoms with van der Waals surface area (Å²) in [6.07, 6.45) is 5.18. The predicted molar refractivity (Wildman–Crippen MR) is 96.1 cm³/mol. The van der Waals surface area contributed by atoms with Crippen molar-refractivity contribution >= 4 is 17.5 Å². The average molecular weight is 377 g/mol. The molecule has 0 radical (unpaired) electrons. The summed E-state index contributed by atoms with van der Waals surface area (Å²) in [5.74, 6) is 2.81. The molecule has 2 aliphatic rings. The number of nitrogens with one attached hydrogen (secondary N) is 1. The van der Waals surface area contributed by atoms with Gasteiger partial charge < -0.3 is 19.4 Å². The maximum absolute atomic E-state index is 12.4. The van der Waals surface area contributed by atoms with Crippen LogP contribution in [0.5, 0.6) is 11.5 Å². The monoisotopic (exact) mass is 376 g/mol.